The average molecular weight is 282 g/mol. The first-order valence-corrected chi connectivity index (χ1v) is 8.15. The third-order valence-electron chi connectivity index (χ3n) is 3.84. The lowest BCUT2D eigenvalue weighted by Gasteiger charge is -2.27. The Balaban J connectivity index is 0.000000280. The quantitative estimate of drug-likeness (QED) is 0.601. The van der Waals surface area contributed by atoms with E-state index in [4.69, 9.17) is 18.6 Å². The van der Waals surface area contributed by atoms with Crippen molar-refractivity contribution in [1.82, 2.24) is 0 Å². The Morgan fingerprint density at radius 3 is 1.17 bits per heavy atom. The van der Waals surface area contributed by atoms with Crippen molar-refractivity contribution in [2.75, 3.05) is 0 Å². The molecule has 0 saturated heterocycles. The molecule has 0 aliphatic heterocycles. The van der Waals surface area contributed by atoms with E-state index in [2.05, 4.69) is 5.32 Å². The lowest BCUT2D eigenvalue weighted by Crippen LogP contribution is -2.95. The molecule has 0 heterocycles. The minimum atomic E-state index is -4.94. The fourth-order valence-electron chi connectivity index (χ4n) is 3.04. The van der Waals surface area contributed by atoms with Crippen LogP contribution in [0.1, 0.15) is 64.2 Å². The molecule has 2 rings (SSSR count). The van der Waals surface area contributed by atoms with Crippen LogP contribution in [0.3, 0.4) is 0 Å². The summed E-state index contributed by atoms with van der Waals surface area (Å²) < 4.78 is 34.0. The van der Waals surface area contributed by atoms with E-state index in [-0.39, 0.29) is 0 Å². The second-order valence-corrected chi connectivity index (χ2v) is 6.12. The molecule has 5 nitrogen and oxygen atoms in total. The van der Waals surface area contributed by atoms with E-state index in [9.17, 15) is 0 Å². The Morgan fingerprint density at radius 2 is 0.889 bits per heavy atom. The summed E-state index contributed by atoms with van der Waals surface area (Å²) in [6.45, 7) is 0. The summed E-state index contributed by atoms with van der Waals surface area (Å²) in [6.07, 6.45) is 15.0. The van der Waals surface area contributed by atoms with Crippen LogP contribution in [-0.2, 0) is 0 Å². The Kier molecular flexibility index (Phi) is 7.44. The van der Waals surface area contributed by atoms with E-state index >= 15 is 0 Å². The van der Waals surface area contributed by atoms with Crippen LogP contribution in [-0.4, -0.2) is 12.1 Å². The molecular weight excluding hydrogens is 258 g/mol. The third-order valence-corrected chi connectivity index (χ3v) is 3.84. The molecule has 2 aliphatic rings. The van der Waals surface area contributed by atoms with Crippen LogP contribution in [0.5, 0.6) is 0 Å². The number of hydrogen-bond donors (Lipinski definition) is 1. The van der Waals surface area contributed by atoms with Crippen LogP contribution in [0.4, 0.5) is 0 Å². The van der Waals surface area contributed by atoms with Gasteiger partial charge in [-0.05, 0) is 51.4 Å². The summed E-state index contributed by atoms with van der Waals surface area (Å²) in [5, 5.41) is 2.72. The van der Waals surface area contributed by atoms with Gasteiger partial charge in [-0.1, -0.05) is 12.8 Å². The summed E-state index contributed by atoms with van der Waals surface area (Å²) in [5.74, 6) is 0. The topological polar surface area (TPSA) is 109 Å². The van der Waals surface area contributed by atoms with Gasteiger partial charge in [0.25, 0.3) is 0 Å². The van der Waals surface area contributed by atoms with Crippen LogP contribution >= 0.6 is 0 Å². The molecule has 2 N–H and O–H groups in total. The molecule has 2 saturated carbocycles. The van der Waals surface area contributed by atoms with E-state index in [1.165, 1.54) is 64.2 Å². The maximum atomic E-state index is 8.49. The molecule has 108 valence electrons. The van der Waals surface area contributed by atoms with Crippen molar-refractivity contribution >= 4 is 0 Å². The lowest BCUT2D eigenvalue weighted by atomic mass is 9.91. The minimum absolute atomic E-state index is 0.997. The van der Waals surface area contributed by atoms with Crippen molar-refractivity contribution in [3.05, 3.63) is 0 Å². The van der Waals surface area contributed by atoms with Crippen molar-refractivity contribution in [3.8, 4) is 0 Å². The highest BCUT2D eigenvalue weighted by molar-refractivity contribution is 4.67. The van der Waals surface area contributed by atoms with Gasteiger partial charge in [-0.3, -0.25) is 0 Å². The Bertz CT molecular complexity index is 189. The Morgan fingerprint density at radius 1 is 0.611 bits per heavy atom. The summed E-state index contributed by atoms with van der Waals surface area (Å²) in [5.41, 5.74) is 0. The molecule has 2 fully saturated rings. The van der Waals surface area contributed by atoms with Gasteiger partial charge >= 0.3 is 0 Å². The highest BCUT2D eigenvalue weighted by Gasteiger charge is 2.22. The van der Waals surface area contributed by atoms with Crippen LogP contribution in [0.25, 0.3) is 0 Å². The zero-order chi connectivity index (χ0) is 13.4. The van der Waals surface area contributed by atoms with E-state index in [0.717, 1.165) is 12.1 Å². The molecule has 0 atom stereocenters. The van der Waals surface area contributed by atoms with E-state index in [1.54, 1.807) is 0 Å². The fourth-order valence-corrected chi connectivity index (χ4v) is 3.04. The fraction of sp³-hybridized carbons (Fsp3) is 1.00. The monoisotopic (exact) mass is 281 g/mol. The zero-order valence-electron chi connectivity index (χ0n) is 10.8. The summed E-state index contributed by atoms with van der Waals surface area (Å²) >= 11 is 0. The van der Waals surface area contributed by atoms with Crippen LogP contribution in [0, 0.1) is 10.2 Å². The van der Waals surface area contributed by atoms with Crippen molar-refractivity contribution in [3.63, 3.8) is 0 Å². The van der Waals surface area contributed by atoms with E-state index < -0.39 is 10.2 Å². The summed E-state index contributed by atoms with van der Waals surface area (Å²) in [7, 11) is -4.94. The van der Waals surface area contributed by atoms with Gasteiger partial charge in [-0.15, -0.1) is 10.2 Å². The highest BCUT2D eigenvalue weighted by Crippen LogP contribution is 2.18. The molecule has 0 unspecified atom stereocenters. The predicted molar refractivity (Wildman–Crippen MR) is 55.7 cm³/mol. The first-order valence-electron chi connectivity index (χ1n) is 6.92. The first kappa shape index (κ1) is 16.1. The second-order valence-electron chi connectivity index (χ2n) is 5.37. The molecule has 6 heteroatoms. The second kappa shape index (κ2) is 8.30. The number of hydrogen-bond acceptors (Lipinski definition) is 4. The molecule has 0 bridgehead atoms. The van der Waals surface area contributed by atoms with Crippen molar-refractivity contribution < 1.29 is 34.2 Å². The molecule has 0 aromatic carbocycles. The van der Waals surface area contributed by atoms with Gasteiger partial charge in [0.1, 0.15) is 0 Å². The number of halogens is 1. The van der Waals surface area contributed by atoms with Crippen LogP contribution < -0.4 is 24.0 Å². The zero-order valence-corrected chi connectivity index (χ0v) is 11.6. The van der Waals surface area contributed by atoms with Gasteiger partial charge in [0, 0.05) is 0 Å². The summed E-state index contributed by atoms with van der Waals surface area (Å²) in [4.78, 5) is 0. The van der Waals surface area contributed by atoms with Gasteiger partial charge < -0.3 is 5.32 Å². The van der Waals surface area contributed by atoms with Gasteiger partial charge in [-0.2, -0.15) is 0 Å². The van der Waals surface area contributed by atoms with Crippen molar-refractivity contribution in [2.24, 2.45) is 0 Å². The molecule has 0 aromatic heterocycles. The molecule has 0 spiro atoms. The number of quaternary nitrogens is 1. The lowest BCUT2D eigenvalue weighted by molar-refractivity contribution is -2.00. The number of nitrogens with two attached hydrogens (primary N) is 1. The Labute approximate surface area is 111 Å². The van der Waals surface area contributed by atoms with Crippen LogP contribution in [0.2, 0.25) is 0 Å². The van der Waals surface area contributed by atoms with Gasteiger partial charge in [-0.25, -0.2) is 18.6 Å². The van der Waals surface area contributed by atoms with Crippen molar-refractivity contribution in [1.29, 1.82) is 0 Å². The molecule has 18 heavy (non-hydrogen) atoms. The van der Waals surface area contributed by atoms with Gasteiger partial charge in [0.05, 0.1) is 12.1 Å². The summed E-state index contributed by atoms with van der Waals surface area (Å²) in [6, 6.07) is 1.99. The SMILES string of the molecule is C1CCC([NH2+]C2CCCCC2)CC1.[O-][Cl+3]([O-])([O-])[O-]. The molecule has 2 aliphatic carbocycles. The first-order chi connectivity index (χ1) is 8.45. The van der Waals surface area contributed by atoms with Gasteiger partial charge in [0.15, 0.2) is 0 Å². The molecular formula is C12H24ClNO4. The highest BCUT2D eigenvalue weighted by atomic mass is 35.7. The number of rotatable bonds is 2. The third kappa shape index (κ3) is 9.08. The van der Waals surface area contributed by atoms with Crippen molar-refractivity contribution in [2.45, 2.75) is 76.3 Å². The van der Waals surface area contributed by atoms with Gasteiger partial charge in [0.2, 0.25) is 0 Å². The maximum absolute atomic E-state index is 8.49. The predicted octanol–water partition coefficient (Wildman–Crippen LogP) is -2.54. The van der Waals surface area contributed by atoms with E-state index in [0.29, 0.717) is 0 Å². The smallest absolute Gasteiger partial charge is 0.0861 e. The maximum Gasteiger partial charge on any atom is 0.0861 e. The average Bonchev–Trinajstić information content (AvgIpc) is 2.29. The largest absolute Gasteiger partial charge is 0.341 e. The minimum Gasteiger partial charge on any atom is -0.341 e. The van der Waals surface area contributed by atoms with E-state index in [1.807, 2.05) is 0 Å². The molecule has 0 radical (unpaired) electrons. The molecule has 0 amide bonds. The Hall–Kier alpha value is 0.0900. The normalized spacial score (nSPS) is 23.3. The van der Waals surface area contributed by atoms with Crippen LogP contribution in [0.15, 0.2) is 0 Å². The standard InChI is InChI=1S/C12H23N.ClHO4/c1-3-7-11(8-4-1)13-12-9-5-2-6-10-12;2-1(3,4)5/h11-13H,1-10H2;(H,2,3,4,5). The molecule has 0 aromatic rings.